The van der Waals surface area contributed by atoms with Crippen molar-refractivity contribution in [1.82, 2.24) is 0 Å². The molecule has 0 amide bonds. The zero-order valence-electron chi connectivity index (χ0n) is 45.0. The highest BCUT2D eigenvalue weighted by Gasteiger charge is 2.19. The molecule has 0 N–H and O–H groups in total. The molecule has 0 aromatic heterocycles. The second-order valence-electron chi connectivity index (χ2n) is 18.8. The van der Waals surface area contributed by atoms with E-state index in [-0.39, 0.29) is 31.1 Å². The highest BCUT2D eigenvalue weighted by atomic mass is 16.6. The molecule has 0 spiro atoms. The number of rotatable bonds is 51. The number of ether oxygens (including phenoxy) is 3. The highest BCUT2D eigenvalue weighted by Crippen LogP contribution is 2.14. The third-order valence-electron chi connectivity index (χ3n) is 12.1. The Labute approximate surface area is 426 Å². The molecule has 394 valence electrons. The van der Waals surface area contributed by atoms with E-state index in [4.69, 9.17) is 14.2 Å². The van der Waals surface area contributed by atoms with Gasteiger partial charge in [-0.05, 0) is 103 Å². The van der Waals surface area contributed by atoms with Crippen LogP contribution in [0.1, 0.15) is 265 Å². The van der Waals surface area contributed by atoms with Crippen molar-refractivity contribution < 1.29 is 28.6 Å². The van der Waals surface area contributed by atoms with E-state index in [0.717, 1.165) is 128 Å². The van der Waals surface area contributed by atoms with Gasteiger partial charge in [-0.15, -0.1) is 0 Å². The number of allylic oxidation sites excluding steroid dienone is 16. The Morgan fingerprint density at radius 1 is 0.304 bits per heavy atom. The van der Waals surface area contributed by atoms with Crippen LogP contribution in [-0.2, 0) is 28.6 Å². The van der Waals surface area contributed by atoms with E-state index in [1.54, 1.807) is 0 Å². The van der Waals surface area contributed by atoms with Gasteiger partial charge in [-0.2, -0.15) is 0 Å². The number of carbonyl (C=O) groups excluding carboxylic acids is 3. The fourth-order valence-electron chi connectivity index (χ4n) is 7.77. The monoisotopic (exact) mass is 959 g/mol. The van der Waals surface area contributed by atoms with Crippen LogP contribution in [0.4, 0.5) is 0 Å². The normalized spacial score (nSPS) is 12.8. The Hall–Kier alpha value is -3.67. The first-order valence-electron chi connectivity index (χ1n) is 28.7. The minimum Gasteiger partial charge on any atom is -0.462 e. The van der Waals surface area contributed by atoms with Gasteiger partial charge in [-0.3, -0.25) is 14.4 Å². The molecule has 0 rings (SSSR count). The molecule has 0 aromatic carbocycles. The lowest BCUT2D eigenvalue weighted by molar-refractivity contribution is -0.167. The average Bonchev–Trinajstić information content (AvgIpc) is 3.35. The van der Waals surface area contributed by atoms with Crippen molar-refractivity contribution >= 4 is 17.9 Å². The summed E-state index contributed by atoms with van der Waals surface area (Å²) in [5.41, 5.74) is 0. The van der Waals surface area contributed by atoms with Gasteiger partial charge in [0.1, 0.15) is 13.2 Å². The van der Waals surface area contributed by atoms with Crippen molar-refractivity contribution in [2.75, 3.05) is 13.2 Å². The molecule has 69 heavy (non-hydrogen) atoms. The summed E-state index contributed by atoms with van der Waals surface area (Å²) in [6.07, 6.45) is 75.5. The molecule has 0 heterocycles. The molecule has 0 saturated carbocycles. The summed E-state index contributed by atoms with van der Waals surface area (Å²) in [7, 11) is 0. The van der Waals surface area contributed by atoms with Gasteiger partial charge < -0.3 is 14.2 Å². The lowest BCUT2D eigenvalue weighted by atomic mass is 10.1. The van der Waals surface area contributed by atoms with Crippen LogP contribution >= 0.6 is 0 Å². The van der Waals surface area contributed by atoms with Crippen molar-refractivity contribution in [1.29, 1.82) is 0 Å². The Morgan fingerprint density at radius 2 is 0.565 bits per heavy atom. The topological polar surface area (TPSA) is 78.9 Å². The molecular weight excluding hydrogens is 853 g/mol. The maximum atomic E-state index is 12.8. The lowest BCUT2D eigenvalue weighted by Gasteiger charge is -2.18. The predicted octanol–water partition coefficient (Wildman–Crippen LogP) is 19.3. The fraction of sp³-hybridized carbons (Fsp3) is 0.698. The molecule has 0 aliphatic rings. The van der Waals surface area contributed by atoms with Crippen LogP contribution in [0.3, 0.4) is 0 Å². The summed E-state index contributed by atoms with van der Waals surface area (Å²) in [6.45, 7) is 6.46. The van der Waals surface area contributed by atoms with Gasteiger partial charge in [0.15, 0.2) is 6.10 Å². The Bertz CT molecular complexity index is 1380. The molecular formula is C63H106O6. The van der Waals surface area contributed by atoms with Crippen LogP contribution in [0.15, 0.2) is 97.2 Å². The van der Waals surface area contributed by atoms with E-state index in [2.05, 4.69) is 118 Å². The minimum absolute atomic E-state index is 0.0848. The van der Waals surface area contributed by atoms with Crippen molar-refractivity contribution in [2.24, 2.45) is 0 Å². The van der Waals surface area contributed by atoms with E-state index in [1.807, 2.05) is 0 Å². The van der Waals surface area contributed by atoms with E-state index in [1.165, 1.54) is 96.3 Å². The number of esters is 3. The molecule has 1 atom stereocenters. The minimum atomic E-state index is -0.786. The van der Waals surface area contributed by atoms with Crippen LogP contribution in [0.5, 0.6) is 0 Å². The van der Waals surface area contributed by atoms with E-state index in [0.29, 0.717) is 19.3 Å². The van der Waals surface area contributed by atoms with E-state index >= 15 is 0 Å². The maximum absolute atomic E-state index is 12.8. The van der Waals surface area contributed by atoms with Crippen molar-refractivity contribution in [3.8, 4) is 0 Å². The van der Waals surface area contributed by atoms with Crippen molar-refractivity contribution in [3.63, 3.8) is 0 Å². The zero-order valence-corrected chi connectivity index (χ0v) is 45.0. The third kappa shape index (κ3) is 55.1. The predicted molar refractivity (Wildman–Crippen MR) is 297 cm³/mol. The molecule has 6 nitrogen and oxygen atoms in total. The van der Waals surface area contributed by atoms with Gasteiger partial charge in [0.05, 0.1) is 0 Å². The zero-order chi connectivity index (χ0) is 50.0. The largest absolute Gasteiger partial charge is 0.462 e. The average molecular weight is 960 g/mol. The fourth-order valence-corrected chi connectivity index (χ4v) is 7.77. The first-order chi connectivity index (χ1) is 34.0. The summed E-state index contributed by atoms with van der Waals surface area (Å²) in [5, 5.41) is 0. The summed E-state index contributed by atoms with van der Waals surface area (Å²) in [6, 6.07) is 0. The molecule has 6 heteroatoms. The number of hydrogen-bond donors (Lipinski definition) is 0. The second-order valence-corrected chi connectivity index (χ2v) is 18.8. The number of carbonyl (C=O) groups is 3. The van der Waals surface area contributed by atoms with Crippen LogP contribution in [0, 0.1) is 0 Å². The smallest absolute Gasteiger partial charge is 0.306 e. The molecule has 0 aliphatic carbocycles. The molecule has 0 saturated heterocycles. The standard InChI is InChI=1S/C63H106O6/c1-4-7-10-13-16-19-21-23-25-27-28-29-30-31-32-33-34-35-36-37-39-40-42-44-47-50-53-56-62(65)68-59-60(58-67-61(64)55-52-49-46-18-15-12-9-6-3)69-63(66)57-54-51-48-45-43-41-38-26-24-22-20-17-14-11-8-5-2/h7,10,16,19-20,22-23,25-26,28-29,31-32,34-35,38,60H,4-6,8-9,11-15,17-18,21,24,27,30,33,36-37,39-59H2,1-3H3/b10-7-,19-16-,22-20-,25-23-,29-28-,32-31-,35-34-,38-26-. The van der Waals surface area contributed by atoms with Gasteiger partial charge in [-0.1, -0.05) is 240 Å². The first kappa shape index (κ1) is 65.3. The van der Waals surface area contributed by atoms with Gasteiger partial charge in [0.2, 0.25) is 0 Å². The number of unbranched alkanes of at least 4 members (excludes halogenated alkanes) is 24. The number of hydrogen-bond acceptors (Lipinski definition) is 6. The molecule has 0 aliphatic heterocycles. The Morgan fingerprint density at radius 3 is 0.899 bits per heavy atom. The molecule has 0 radical (unpaired) electrons. The highest BCUT2D eigenvalue weighted by molar-refractivity contribution is 5.71. The van der Waals surface area contributed by atoms with Crippen LogP contribution in [0.25, 0.3) is 0 Å². The van der Waals surface area contributed by atoms with E-state index < -0.39 is 6.10 Å². The lowest BCUT2D eigenvalue weighted by Crippen LogP contribution is -2.30. The maximum Gasteiger partial charge on any atom is 0.306 e. The van der Waals surface area contributed by atoms with E-state index in [9.17, 15) is 14.4 Å². The van der Waals surface area contributed by atoms with Gasteiger partial charge in [0, 0.05) is 19.3 Å². The quantitative estimate of drug-likeness (QED) is 0.0262. The molecule has 0 aromatic rings. The molecule has 1 unspecified atom stereocenters. The third-order valence-corrected chi connectivity index (χ3v) is 12.1. The summed E-state index contributed by atoms with van der Waals surface area (Å²) < 4.78 is 16.8. The first-order valence-corrected chi connectivity index (χ1v) is 28.7. The Balaban J connectivity index is 4.24. The van der Waals surface area contributed by atoms with Crippen LogP contribution in [0.2, 0.25) is 0 Å². The molecule has 0 bridgehead atoms. The second kappa shape index (κ2) is 56.9. The molecule has 0 fully saturated rings. The Kier molecular flexibility index (Phi) is 53.9. The van der Waals surface area contributed by atoms with Crippen LogP contribution < -0.4 is 0 Å². The summed E-state index contributed by atoms with van der Waals surface area (Å²) in [5.74, 6) is -0.910. The SMILES string of the molecule is CC/C=C\C/C=C\C/C=C\C/C=C\C/C=C\C/C=C\CCCCCCCCCCC(=O)OCC(COC(=O)CCCCCCCCCC)OC(=O)CCCCCCC/C=C\C/C=C\CCCCCC. The summed E-state index contributed by atoms with van der Waals surface area (Å²) in [4.78, 5) is 38.0. The van der Waals surface area contributed by atoms with Crippen molar-refractivity contribution in [3.05, 3.63) is 97.2 Å². The summed E-state index contributed by atoms with van der Waals surface area (Å²) >= 11 is 0. The van der Waals surface area contributed by atoms with Gasteiger partial charge in [0.25, 0.3) is 0 Å². The van der Waals surface area contributed by atoms with Gasteiger partial charge in [-0.25, -0.2) is 0 Å². The van der Waals surface area contributed by atoms with Crippen LogP contribution in [-0.4, -0.2) is 37.2 Å². The van der Waals surface area contributed by atoms with Crippen molar-refractivity contribution in [2.45, 2.75) is 271 Å². The van der Waals surface area contributed by atoms with Gasteiger partial charge >= 0.3 is 17.9 Å².